The van der Waals surface area contributed by atoms with Gasteiger partial charge in [-0.25, -0.2) is 4.98 Å². The minimum atomic E-state index is 0.0779. The number of hydrogen-bond donors (Lipinski definition) is 0. The van der Waals surface area contributed by atoms with Gasteiger partial charge in [-0.15, -0.1) is 0 Å². The highest BCUT2D eigenvalue weighted by molar-refractivity contribution is 6.07. The fourth-order valence-corrected chi connectivity index (χ4v) is 4.37. The number of nitrogens with zero attached hydrogens (tertiary/aromatic N) is 4. The number of hydrogen-bond acceptors (Lipinski definition) is 4. The molecule has 2 aromatic heterocycles. The zero-order valence-corrected chi connectivity index (χ0v) is 18.2. The van der Waals surface area contributed by atoms with Crippen molar-refractivity contribution in [2.75, 3.05) is 26.2 Å². The number of pyridine rings is 2. The Morgan fingerprint density at radius 3 is 2.47 bits per heavy atom. The van der Waals surface area contributed by atoms with Crippen molar-refractivity contribution in [1.29, 1.82) is 0 Å². The number of aromatic nitrogens is 2. The first kappa shape index (κ1) is 20.3. The largest absolute Gasteiger partial charge is 0.336 e. The summed E-state index contributed by atoms with van der Waals surface area (Å²) in [5, 5.41) is 0.900. The summed E-state index contributed by atoms with van der Waals surface area (Å²) >= 11 is 0. The molecule has 1 fully saturated rings. The summed E-state index contributed by atoms with van der Waals surface area (Å²) in [5.74, 6) is 0.0779. The SMILES string of the molecule is Cc1cccc(CN2CCN(C(=O)c3cc(-c4ccncc4)nc4ccccc34)CC2)c1. The van der Waals surface area contributed by atoms with E-state index in [-0.39, 0.29) is 5.91 Å². The highest BCUT2D eigenvalue weighted by Gasteiger charge is 2.24. The van der Waals surface area contributed by atoms with E-state index in [1.165, 1.54) is 11.1 Å². The van der Waals surface area contributed by atoms with Crippen LogP contribution >= 0.6 is 0 Å². The predicted molar refractivity (Wildman–Crippen MR) is 127 cm³/mol. The van der Waals surface area contributed by atoms with Crippen LogP contribution in [0.4, 0.5) is 0 Å². The number of fused-ring (bicyclic) bond motifs is 1. The average molecular weight is 423 g/mol. The van der Waals surface area contributed by atoms with Crippen LogP contribution in [0, 0.1) is 6.92 Å². The summed E-state index contributed by atoms with van der Waals surface area (Å²) in [5.41, 5.74) is 5.92. The molecule has 5 nitrogen and oxygen atoms in total. The molecular weight excluding hydrogens is 396 g/mol. The van der Waals surface area contributed by atoms with E-state index in [0.29, 0.717) is 0 Å². The molecule has 0 saturated carbocycles. The van der Waals surface area contributed by atoms with Gasteiger partial charge in [0.15, 0.2) is 0 Å². The van der Waals surface area contributed by atoms with E-state index in [1.54, 1.807) is 12.4 Å². The van der Waals surface area contributed by atoms with Gasteiger partial charge in [-0.3, -0.25) is 14.7 Å². The molecular formula is C27H26N4O. The molecule has 160 valence electrons. The van der Waals surface area contributed by atoms with Gasteiger partial charge in [0.25, 0.3) is 5.91 Å². The van der Waals surface area contributed by atoms with E-state index in [4.69, 9.17) is 4.98 Å². The number of piperazine rings is 1. The lowest BCUT2D eigenvalue weighted by Gasteiger charge is -2.35. The van der Waals surface area contributed by atoms with Crippen molar-refractivity contribution >= 4 is 16.8 Å². The van der Waals surface area contributed by atoms with Gasteiger partial charge >= 0.3 is 0 Å². The third-order valence-electron chi connectivity index (χ3n) is 6.07. The zero-order valence-electron chi connectivity index (χ0n) is 18.2. The van der Waals surface area contributed by atoms with Gasteiger partial charge in [0, 0.05) is 56.1 Å². The fraction of sp³-hybridized carbons (Fsp3) is 0.222. The minimum absolute atomic E-state index is 0.0779. The first-order chi connectivity index (χ1) is 15.7. The summed E-state index contributed by atoms with van der Waals surface area (Å²) in [4.78, 5) is 26.9. The van der Waals surface area contributed by atoms with Crippen LogP contribution in [-0.4, -0.2) is 51.9 Å². The van der Waals surface area contributed by atoms with E-state index >= 15 is 0 Å². The normalized spacial score (nSPS) is 14.6. The molecule has 0 radical (unpaired) electrons. The second-order valence-corrected chi connectivity index (χ2v) is 8.37. The van der Waals surface area contributed by atoms with Crippen LogP contribution in [0.3, 0.4) is 0 Å². The predicted octanol–water partition coefficient (Wildman–Crippen LogP) is 4.56. The molecule has 0 bridgehead atoms. The van der Waals surface area contributed by atoms with Gasteiger partial charge in [-0.1, -0.05) is 48.0 Å². The summed E-state index contributed by atoms with van der Waals surface area (Å²) in [7, 11) is 0. The van der Waals surface area contributed by atoms with E-state index < -0.39 is 0 Å². The van der Waals surface area contributed by atoms with Gasteiger partial charge in [-0.05, 0) is 36.8 Å². The van der Waals surface area contributed by atoms with Crippen LogP contribution < -0.4 is 0 Å². The monoisotopic (exact) mass is 422 g/mol. The maximum atomic E-state index is 13.6. The number of carbonyl (C=O) groups is 1. The first-order valence-corrected chi connectivity index (χ1v) is 11.0. The van der Waals surface area contributed by atoms with Crippen molar-refractivity contribution in [2.24, 2.45) is 0 Å². The fourth-order valence-electron chi connectivity index (χ4n) is 4.37. The van der Waals surface area contributed by atoms with Crippen LogP contribution in [0.1, 0.15) is 21.5 Å². The van der Waals surface area contributed by atoms with Gasteiger partial charge in [0.1, 0.15) is 0 Å². The number of para-hydroxylation sites is 1. The molecule has 1 amide bonds. The number of rotatable bonds is 4. The number of benzene rings is 2. The highest BCUT2D eigenvalue weighted by atomic mass is 16.2. The van der Waals surface area contributed by atoms with Crippen molar-refractivity contribution < 1.29 is 4.79 Å². The number of amides is 1. The number of aryl methyl sites for hydroxylation is 1. The van der Waals surface area contributed by atoms with Crippen molar-refractivity contribution in [3.05, 3.63) is 95.8 Å². The Morgan fingerprint density at radius 1 is 0.906 bits per heavy atom. The first-order valence-electron chi connectivity index (χ1n) is 11.0. The third-order valence-corrected chi connectivity index (χ3v) is 6.07. The van der Waals surface area contributed by atoms with E-state index in [1.807, 2.05) is 47.4 Å². The maximum absolute atomic E-state index is 13.6. The molecule has 1 aliphatic rings. The van der Waals surface area contributed by atoms with E-state index in [9.17, 15) is 4.79 Å². The topological polar surface area (TPSA) is 49.3 Å². The standard InChI is InChI=1S/C27H26N4O/c1-20-5-4-6-21(17-20)19-30-13-15-31(16-14-30)27(32)24-18-26(22-9-11-28-12-10-22)29-25-8-3-2-7-23(24)25/h2-12,17-18H,13-16,19H2,1H3. The molecule has 1 aliphatic heterocycles. The van der Waals surface area contributed by atoms with Crippen LogP contribution in [0.5, 0.6) is 0 Å². The molecule has 0 N–H and O–H groups in total. The molecule has 5 rings (SSSR count). The molecule has 0 spiro atoms. The van der Waals surface area contributed by atoms with Crippen LogP contribution in [0.25, 0.3) is 22.2 Å². The van der Waals surface area contributed by atoms with Crippen molar-refractivity contribution in [3.63, 3.8) is 0 Å². The van der Waals surface area contributed by atoms with Crippen molar-refractivity contribution in [1.82, 2.24) is 19.8 Å². The Balaban J connectivity index is 1.37. The summed E-state index contributed by atoms with van der Waals surface area (Å²) in [6, 6.07) is 22.3. The van der Waals surface area contributed by atoms with Crippen molar-refractivity contribution in [2.45, 2.75) is 13.5 Å². The van der Waals surface area contributed by atoms with E-state index in [0.717, 1.165) is 60.4 Å². The van der Waals surface area contributed by atoms with Gasteiger partial charge in [0.05, 0.1) is 16.8 Å². The Hall–Kier alpha value is -3.57. The molecule has 5 heteroatoms. The highest BCUT2D eigenvalue weighted by Crippen LogP contribution is 2.26. The van der Waals surface area contributed by atoms with Gasteiger partial charge in [-0.2, -0.15) is 0 Å². The minimum Gasteiger partial charge on any atom is -0.336 e. The van der Waals surface area contributed by atoms with Gasteiger partial charge in [0.2, 0.25) is 0 Å². The van der Waals surface area contributed by atoms with Crippen LogP contribution in [0.15, 0.2) is 79.1 Å². The quantitative estimate of drug-likeness (QED) is 0.484. The lowest BCUT2D eigenvalue weighted by Crippen LogP contribution is -2.48. The lowest BCUT2D eigenvalue weighted by molar-refractivity contribution is 0.0630. The second kappa shape index (κ2) is 8.89. The molecule has 3 heterocycles. The third kappa shape index (κ3) is 4.25. The lowest BCUT2D eigenvalue weighted by atomic mass is 10.0. The molecule has 4 aromatic rings. The van der Waals surface area contributed by atoms with Gasteiger partial charge < -0.3 is 4.90 Å². The molecule has 0 unspecified atom stereocenters. The Labute approximate surface area is 188 Å². The van der Waals surface area contributed by atoms with Crippen molar-refractivity contribution in [3.8, 4) is 11.3 Å². The van der Waals surface area contributed by atoms with E-state index in [2.05, 4.69) is 41.1 Å². The smallest absolute Gasteiger partial charge is 0.254 e. The maximum Gasteiger partial charge on any atom is 0.254 e. The summed E-state index contributed by atoms with van der Waals surface area (Å²) in [6.45, 7) is 6.26. The summed E-state index contributed by atoms with van der Waals surface area (Å²) in [6.07, 6.45) is 3.50. The molecule has 32 heavy (non-hydrogen) atoms. The zero-order chi connectivity index (χ0) is 21.9. The van der Waals surface area contributed by atoms with Crippen LogP contribution in [-0.2, 0) is 6.54 Å². The van der Waals surface area contributed by atoms with Crippen LogP contribution in [0.2, 0.25) is 0 Å². The molecule has 0 atom stereocenters. The Morgan fingerprint density at radius 2 is 1.69 bits per heavy atom. The Kier molecular flexibility index (Phi) is 5.65. The average Bonchev–Trinajstić information content (AvgIpc) is 2.84. The number of carbonyl (C=O) groups excluding carboxylic acids is 1. The second-order valence-electron chi connectivity index (χ2n) is 8.37. The summed E-state index contributed by atoms with van der Waals surface area (Å²) < 4.78 is 0. The molecule has 0 aliphatic carbocycles. The molecule has 1 saturated heterocycles. The molecule has 2 aromatic carbocycles. The Bertz CT molecular complexity index is 1250.